The molecule has 2 aromatic carbocycles. The lowest BCUT2D eigenvalue weighted by Gasteiger charge is -2.12. The summed E-state index contributed by atoms with van der Waals surface area (Å²) in [5, 5.41) is 13.8. The summed E-state index contributed by atoms with van der Waals surface area (Å²) in [5.74, 6) is 1.06. The fourth-order valence-electron chi connectivity index (χ4n) is 2.97. The van der Waals surface area contributed by atoms with E-state index in [9.17, 15) is 5.11 Å². The van der Waals surface area contributed by atoms with Crippen LogP contribution in [0.5, 0.6) is 5.75 Å². The van der Waals surface area contributed by atoms with Gasteiger partial charge in [0, 0.05) is 17.4 Å². The van der Waals surface area contributed by atoms with Gasteiger partial charge in [-0.1, -0.05) is 30.3 Å². The highest BCUT2D eigenvalue weighted by Crippen LogP contribution is 2.36. The van der Waals surface area contributed by atoms with E-state index in [0.29, 0.717) is 5.56 Å². The van der Waals surface area contributed by atoms with Gasteiger partial charge in [-0.15, -0.1) is 0 Å². The highest BCUT2D eigenvalue weighted by atomic mass is 16.3. The van der Waals surface area contributed by atoms with Gasteiger partial charge in [-0.3, -0.25) is 4.40 Å². The minimum atomic E-state index is 0.218. The second-order valence-electron chi connectivity index (χ2n) is 6.20. The number of fused-ring (bicyclic) bond motifs is 1. The van der Waals surface area contributed by atoms with Gasteiger partial charge in [0.2, 0.25) is 0 Å². The summed E-state index contributed by atoms with van der Waals surface area (Å²) in [6.45, 7) is 4.11. The monoisotopic (exact) mass is 329 g/mol. The third-order valence-corrected chi connectivity index (χ3v) is 4.34. The maximum Gasteiger partial charge on any atom is 0.143 e. The molecule has 0 unspecified atom stereocenters. The van der Waals surface area contributed by atoms with Crippen molar-refractivity contribution in [1.29, 1.82) is 0 Å². The number of aromatic hydroxyl groups is 1. The molecule has 0 saturated carbocycles. The van der Waals surface area contributed by atoms with Crippen LogP contribution in [0.4, 0.5) is 11.5 Å². The number of benzene rings is 2. The number of anilines is 2. The molecule has 4 aromatic rings. The van der Waals surface area contributed by atoms with E-state index in [-0.39, 0.29) is 5.75 Å². The van der Waals surface area contributed by atoms with Crippen molar-refractivity contribution in [3.63, 3.8) is 0 Å². The first-order valence-corrected chi connectivity index (χ1v) is 8.23. The largest absolute Gasteiger partial charge is 0.507 e. The van der Waals surface area contributed by atoms with Gasteiger partial charge in [-0.05, 0) is 55.3 Å². The molecule has 0 aliphatic rings. The maximum atomic E-state index is 10.3. The molecule has 0 radical (unpaired) electrons. The zero-order chi connectivity index (χ0) is 17.4. The van der Waals surface area contributed by atoms with E-state index >= 15 is 0 Å². The number of nitrogens with one attached hydrogen (secondary N) is 1. The van der Waals surface area contributed by atoms with Gasteiger partial charge in [-0.2, -0.15) is 0 Å². The molecule has 0 fully saturated rings. The van der Waals surface area contributed by atoms with Crippen LogP contribution in [-0.2, 0) is 0 Å². The lowest BCUT2D eigenvalue weighted by atomic mass is 10.1. The lowest BCUT2D eigenvalue weighted by Crippen LogP contribution is -1.98. The van der Waals surface area contributed by atoms with Crippen molar-refractivity contribution in [1.82, 2.24) is 9.38 Å². The molecule has 0 spiro atoms. The molecule has 0 amide bonds. The number of hydrogen-bond acceptors (Lipinski definition) is 3. The van der Waals surface area contributed by atoms with Crippen molar-refractivity contribution >= 4 is 17.2 Å². The number of hydrogen-bond donors (Lipinski definition) is 2. The van der Waals surface area contributed by atoms with Crippen LogP contribution in [0.1, 0.15) is 11.1 Å². The van der Waals surface area contributed by atoms with E-state index in [1.54, 1.807) is 6.07 Å². The second-order valence-corrected chi connectivity index (χ2v) is 6.20. The Balaban J connectivity index is 1.96. The molecule has 2 aromatic heterocycles. The minimum Gasteiger partial charge on any atom is -0.507 e. The standard InChI is InChI=1S/C21H19N3O/c1-14-11-12-24-19(13-14)23-20(16-8-4-6-10-18(16)25)21(24)22-17-9-5-3-7-15(17)2/h3-13,22,25H,1-2H3. The van der Waals surface area contributed by atoms with Crippen LogP contribution in [0.3, 0.4) is 0 Å². The molecule has 0 atom stereocenters. The first-order chi connectivity index (χ1) is 12.1. The summed E-state index contributed by atoms with van der Waals surface area (Å²) in [6, 6.07) is 19.5. The number of phenols is 1. The van der Waals surface area contributed by atoms with E-state index in [2.05, 4.69) is 18.3 Å². The molecule has 124 valence electrons. The summed E-state index contributed by atoms with van der Waals surface area (Å²) >= 11 is 0. The quantitative estimate of drug-likeness (QED) is 0.552. The molecule has 0 saturated heterocycles. The molecule has 0 aliphatic carbocycles. The Kier molecular flexibility index (Phi) is 3.65. The zero-order valence-corrected chi connectivity index (χ0v) is 14.2. The Hall–Kier alpha value is -3.27. The fourth-order valence-corrected chi connectivity index (χ4v) is 2.97. The smallest absolute Gasteiger partial charge is 0.143 e. The second kappa shape index (κ2) is 5.98. The van der Waals surface area contributed by atoms with Crippen LogP contribution in [0.2, 0.25) is 0 Å². The molecule has 0 aliphatic heterocycles. The van der Waals surface area contributed by atoms with Crippen LogP contribution in [0.25, 0.3) is 16.9 Å². The first-order valence-electron chi connectivity index (χ1n) is 8.23. The van der Waals surface area contributed by atoms with Crippen molar-refractivity contribution in [3.8, 4) is 17.0 Å². The molecule has 2 N–H and O–H groups in total. The number of imidazole rings is 1. The third kappa shape index (κ3) is 2.72. The summed E-state index contributed by atoms with van der Waals surface area (Å²) in [6.07, 6.45) is 2.00. The van der Waals surface area contributed by atoms with Crippen molar-refractivity contribution in [2.45, 2.75) is 13.8 Å². The Morgan fingerprint density at radius 1 is 0.960 bits per heavy atom. The molecule has 4 nitrogen and oxygen atoms in total. The van der Waals surface area contributed by atoms with Gasteiger partial charge >= 0.3 is 0 Å². The summed E-state index contributed by atoms with van der Waals surface area (Å²) in [4.78, 5) is 4.77. The Bertz CT molecular complexity index is 1070. The van der Waals surface area contributed by atoms with E-state index < -0.39 is 0 Å². The van der Waals surface area contributed by atoms with Crippen LogP contribution < -0.4 is 5.32 Å². The number of aryl methyl sites for hydroxylation is 2. The molecule has 4 heteroatoms. The lowest BCUT2D eigenvalue weighted by molar-refractivity contribution is 0.477. The summed E-state index contributed by atoms with van der Waals surface area (Å²) in [7, 11) is 0. The molecular weight excluding hydrogens is 310 g/mol. The minimum absolute atomic E-state index is 0.218. The van der Waals surface area contributed by atoms with Crippen molar-refractivity contribution in [2.75, 3.05) is 5.32 Å². The van der Waals surface area contributed by atoms with E-state index in [1.165, 1.54) is 0 Å². The number of aromatic nitrogens is 2. The predicted octanol–water partition coefficient (Wildman–Crippen LogP) is 5.07. The maximum absolute atomic E-state index is 10.3. The first kappa shape index (κ1) is 15.3. The number of pyridine rings is 1. The average molecular weight is 329 g/mol. The molecular formula is C21H19N3O. The van der Waals surface area contributed by atoms with Crippen LogP contribution >= 0.6 is 0 Å². The van der Waals surface area contributed by atoms with Gasteiger partial charge in [0.15, 0.2) is 0 Å². The SMILES string of the molecule is Cc1ccn2c(Nc3ccccc3C)c(-c3ccccc3O)nc2c1. The number of phenolic OH excluding ortho intramolecular Hbond substituents is 1. The summed E-state index contributed by atoms with van der Waals surface area (Å²) < 4.78 is 2.02. The van der Waals surface area contributed by atoms with Crippen molar-refractivity contribution in [2.24, 2.45) is 0 Å². The highest BCUT2D eigenvalue weighted by Gasteiger charge is 2.17. The molecule has 25 heavy (non-hydrogen) atoms. The zero-order valence-electron chi connectivity index (χ0n) is 14.2. The Labute approximate surface area is 146 Å². The summed E-state index contributed by atoms with van der Waals surface area (Å²) in [5.41, 5.74) is 5.58. The van der Waals surface area contributed by atoms with Crippen LogP contribution in [-0.4, -0.2) is 14.5 Å². The highest BCUT2D eigenvalue weighted by molar-refractivity contribution is 5.83. The topological polar surface area (TPSA) is 49.6 Å². The molecule has 4 rings (SSSR count). The van der Waals surface area contributed by atoms with Gasteiger partial charge in [0.25, 0.3) is 0 Å². The van der Waals surface area contributed by atoms with Crippen LogP contribution in [0, 0.1) is 13.8 Å². The van der Waals surface area contributed by atoms with Gasteiger partial charge in [-0.25, -0.2) is 4.98 Å². The fraction of sp³-hybridized carbons (Fsp3) is 0.0952. The Morgan fingerprint density at radius 2 is 1.72 bits per heavy atom. The molecule has 2 heterocycles. The molecule has 0 bridgehead atoms. The van der Waals surface area contributed by atoms with E-state index in [0.717, 1.165) is 34.0 Å². The van der Waals surface area contributed by atoms with Gasteiger partial charge in [0.05, 0.1) is 0 Å². The van der Waals surface area contributed by atoms with Crippen molar-refractivity contribution < 1.29 is 5.11 Å². The van der Waals surface area contributed by atoms with Crippen molar-refractivity contribution in [3.05, 3.63) is 78.0 Å². The van der Waals surface area contributed by atoms with Crippen LogP contribution in [0.15, 0.2) is 66.9 Å². The Morgan fingerprint density at radius 3 is 2.52 bits per heavy atom. The normalized spacial score (nSPS) is 11.0. The van der Waals surface area contributed by atoms with Gasteiger partial charge < -0.3 is 10.4 Å². The average Bonchev–Trinajstić information content (AvgIpc) is 2.94. The number of nitrogens with zero attached hydrogens (tertiary/aromatic N) is 2. The van der Waals surface area contributed by atoms with E-state index in [1.807, 2.05) is 66.1 Å². The number of para-hydroxylation sites is 2. The predicted molar refractivity (Wildman–Crippen MR) is 101 cm³/mol. The van der Waals surface area contributed by atoms with Gasteiger partial charge in [0.1, 0.15) is 22.9 Å². The number of rotatable bonds is 3. The van der Waals surface area contributed by atoms with E-state index in [4.69, 9.17) is 4.98 Å². The third-order valence-electron chi connectivity index (χ3n) is 4.34.